The van der Waals surface area contributed by atoms with Gasteiger partial charge in [-0.25, -0.2) is 0 Å². The van der Waals surface area contributed by atoms with E-state index in [9.17, 15) is 0 Å². The molecule has 1 aliphatic rings. The third-order valence-electron chi connectivity index (χ3n) is 2.45. The van der Waals surface area contributed by atoms with Crippen molar-refractivity contribution in [2.24, 2.45) is 5.73 Å². The first-order valence-electron chi connectivity index (χ1n) is 4.14. The average molecular weight is 151 g/mol. The van der Waals surface area contributed by atoms with Crippen molar-refractivity contribution in [2.45, 2.75) is 25.2 Å². The molecule has 60 valence electrons. The van der Waals surface area contributed by atoms with Gasteiger partial charge in [-0.15, -0.1) is 0 Å². The predicted molar refractivity (Wildman–Crippen MR) is 43.3 cm³/mol. The normalized spacial score (nSPS) is 22.1. The Hall–Kier alpha value is -0.830. The SMILES string of the molecule is NCCC1CCc2[nH]ncc21. The topological polar surface area (TPSA) is 54.7 Å². The third-order valence-corrected chi connectivity index (χ3v) is 2.45. The van der Waals surface area contributed by atoms with Gasteiger partial charge in [0.15, 0.2) is 0 Å². The molecule has 0 fully saturated rings. The number of aromatic nitrogens is 2. The highest BCUT2D eigenvalue weighted by atomic mass is 15.1. The van der Waals surface area contributed by atoms with Crippen molar-refractivity contribution in [1.29, 1.82) is 0 Å². The molecule has 1 aromatic heterocycles. The summed E-state index contributed by atoms with van der Waals surface area (Å²) < 4.78 is 0. The van der Waals surface area contributed by atoms with Crippen LogP contribution < -0.4 is 5.73 Å². The standard InChI is InChI=1S/C8H13N3/c9-4-3-6-1-2-8-7(6)5-10-11-8/h5-6H,1-4,9H2,(H,10,11). The Balaban J connectivity index is 2.18. The molecule has 1 atom stereocenters. The maximum atomic E-state index is 5.50. The highest BCUT2D eigenvalue weighted by Crippen LogP contribution is 2.33. The fourth-order valence-corrected chi connectivity index (χ4v) is 1.85. The van der Waals surface area contributed by atoms with Gasteiger partial charge in [0.1, 0.15) is 0 Å². The Kier molecular flexibility index (Phi) is 1.66. The number of H-pyrrole nitrogens is 1. The fraction of sp³-hybridized carbons (Fsp3) is 0.625. The molecule has 0 bridgehead atoms. The van der Waals surface area contributed by atoms with E-state index in [1.165, 1.54) is 17.7 Å². The Bertz CT molecular complexity index is 241. The fourth-order valence-electron chi connectivity index (χ4n) is 1.85. The molecule has 1 heterocycles. The van der Waals surface area contributed by atoms with E-state index in [0.29, 0.717) is 5.92 Å². The lowest BCUT2D eigenvalue weighted by Crippen LogP contribution is -2.04. The molecule has 0 amide bonds. The number of aryl methyl sites for hydroxylation is 1. The molecular weight excluding hydrogens is 138 g/mol. The van der Waals surface area contributed by atoms with E-state index >= 15 is 0 Å². The van der Waals surface area contributed by atoms with Crippen LogP contribution in [0.4, 0.5) is 0 Å². The summed E-state index contributed by atoms with van der Waals surface area (Å²) >= 11 is 0. The van der Waals surface area contributed by atoms with Gasteiger partial charge >= 0.3 is 0 Å². The molecule has 0 saturated carbocycles. The van der Waals surface area contributed by atoms with Gasteiger partial charge in [-0.3, -0.25) is 5.10 Å². The minimum absolute atomic E-state index is 0.675. The largest absolute Gasteiger partial charge is 0.330 e. The van der Waals surface area contributed by atoms with Crippen molar-refractivity contribution in [3.05, 3.63) is 17.5 Å². The molecule has 1 unspecified atom stereocenters. The van der Waals surface area contributed by atoms with Gasteiger partial charge in [0.05, 0.1) is 6.20 Å². The summed E-state index contributed by atoms with van der Waals surface area (Å²) in [6, 6.07) is 0. The van der Waals surface area contributed by atoms with Crippen molar-refractivity contribution in [3.63, 3.8) is 0 Å². The second-order valence-electron chi connectivity index (χ2n) is 3.12. The molecule has 3 heteroatoms. The second-order valence-corrected chi connectivity index (χ2v) is 3.12. The van der Waals surface area contributed by atoms with Gasteiger partial charge in [-0.05, 0) is 37.3 Å². The van der Waals surface area contributed by atoms with Crippen LogP contribution in [0.3, 0.4) is 0 Å². The van der Waals surface area contributed by atoms with Crippen LogP contribution in [0.1, 0.15) is 30.0 Å². The molecule has 2 rings (SSSR count). The first-order chi connectivity index (χ1) is 5.42. The zero-order valence-electron chi connectivity index (χ0n) is 6.51. The van der Waals surface area contributed by atoms with Crippen molar-refractivity contribution in [1.82, 2.24) is 10.2 Å². The summed E-state index contributed by atoms with van der Waals surface area (Å²) in [4.78, 5) is 0. The number of nitrogens with two attached hydrogens (primary N) is 1. The molecular formula is C8H13N3. The quantitative estimate of drug-likeness (QED) is 0.656. The first kappa shape index (κ1) is 6.85. The van der Waals surface area contributed by atoms with Crippen LogP contribution in [-0.4, -0.2) is 16.7 Å². The molecule has 3 N–H and O–H groups in total. The highest BCUT2D eigenvalue weighted by Gasteiger charge is 2.22. The summed E-state index contributed by atoms with van der Waals surface area (Å²) in [5.41, 5.74) is 8.22. The van der Waals surface area contributed by atoms with E-state index in [1.807, 2.05) is 6.20 Å². The van der Waals surface area contributed by atoms with Crippen LogP contribution in [0.15, 0.2) is 6.20 Å². The zero-order valence-corrected chi connectivity index (χ0v) is 6.51. The number of hydrogen-bond acceptors (Lipinski definition) is 2. The van der Waals surface area contributed by atoms with Crippen LogP contribution >= 0.6 is 0 Å². The monoisotopic (exact) mass is 151 g/mol. The summed E-state index contributed by atoms with van der Waals surface area (Å²) in [6.45, 7) is 0.787. The van der Waals surface area contributed by atoms with Crippen LogP contribution in [0.5, 0.6) is 0 Å². The maximum Gasteiger partial charge on any atom is 0.0524 e. The minimum Gasteiger partial charge on any atom is -0.330 e. The summed E-state index contributed by atoms with van der Waals surface area (Å²) in [5.74, 6) is 0.675. The molecule has 0 aliphatic heterocycles. The van der Waals surface area contributed by atoms with Gasteiger partial charge in [-0.2, -0.15) is 5.10 Å². The minimum atomic E-state index is 0.675. The number of fused-ring (bicyclic) bond motifs is 1. The van der Waals surface area contributed by atoms with Crippen molar-refractivity contribution in [2.75, 3.05) is 6.54 Å². The average Bonchev–Trinajstić information content (AvgIpc) is 2.53. The zero-order chi connectivity index (χ0) is 7.68. The van der Waals surface area contributed by atoms with E-state index in [4.69, 9.17) is 5.73 Å². The third kappa shape index (κ3) is 1.05. The summed E-state index contributed by atoms with van der Waals surface area (Å²) in [7, 11) is 0. The molecule has 0 spiro atoms. The summed E-state index contributed by atoms with van der Waals surface area (Å²) in [5, 5.41) is 7.03. The van der Waals surface area contributed by atoms with E-state index in [2.05, 4.69) is 10.2 Å². The van der Waals surface area contributed by atoms with Crippen LogP contribution in [0.25, 0.3) is 0 Å². The van der Waals surface area contributed by atoms with Crippen molar-refractivity contribution in [3.8, 4) is 0 Å². The van der Waals surface area contributed by atoms with Crippen LogP contribution in [-0.2, 0) is 6.42 Å². The smallest absolute Gasteiger partial charge is 0.0524 e. The lowest BCUT2D eigenvalue weighted by molar-refractivity contribution is 0.623. The Labute approximate surface area is 66.0 Å². The number of nitrogens with one attached hydrogen (secondary N) is 1. The van der Waals surface area contributed by atoms with Crippen LogP contribution in [0, 0.1) is 0 Å². The van der Waals surface area contributed by atoms with Gasteiger partial charge in [0.25, 0.3) is 0 Å². The molecule has 1 aromatic rings. The van der Waals surface area contributed by atoms with E-state index in [0.717, 1.165) is 19.4 Å². The number of aromatic amines is 1. The molecule has 11 heavy (non-hydrogen) atoms. The Morgan fingerprint density at radius 3 is 3.45 bits per heavy atom. The molecule has 0 aromatic carbocycles. The predicted octanol–water partition coefficient (Wildman–Crippen LogP) is 0.788. The Morgan fingerprint density at radius 2 is 2.64 bits per heavy atom. The number of nitrogens with zero attached hydrogens (tertiary/aromatic N) is 1. The van der Waals surface area contributed by atoms with E-state index < -0.39 is 0 Å². The maximum absolute atomic E-state index is 5.50. The highest BCUT2D eigenvalue weighted by molar-refractivity contribution is 5.26. The van der Waals surface area contributed by atoms with Gasteiger partial charge < -0.3 is 5.73 Å². The molecule has 3 nitrogen and oxygen atoms in total. The van der Waals surface area contributed by atoms with Crippen molar-refractivity contribution < 1.29 is 0 Å². The molecule has 0 radical (unpaired) electrons. The lowest BCUT2D eigenvalue weighted by atomic mass is 10.0. The van der Waals surface area contributed by atoms with Gasteiger partial charge in [0.2, 0.25) is 0 Å². The van der Waals surface area contributed by atoms with E-state index in [1.54, 1.807) is 0 Å². The summed E-state index contributed by atoms with van der Waals surface area (Å²) in [6.07, 6.45) is 5.45. The number of rotatable bonds is 2. The van der Waals surface area contributed by atoms with Gasteiger partial charge in [-0.1, -0.05) is 0 Å². The second kappa shape index (κ2) is 2.66. The molecule has 1 aliphatic carbocycles. The Morgan fingerprint density at radius 1 is 1.73 bits per heavy atom. The molecule has 0 saturated heterocycles. The first-order valence-corrected chi connectivity index (χ1v) is 4.14. The number of hydrogen-bond donors (Lipinski definition) is 2. The van der Waals surface area contributed by atoms with Crippen LogP contribution in [0.2, 0.25) is 0 Å². The lowest BCUT2D eigenvalue weighted by Gasteiger charge is -2.05. The van der Waals surface area contributed by atoms with Gasteiger partial charge in [0, 0.05) is 5.69 Å². The van der Waals surface area contributed by atoms with E-state index in [-0.39, 0.29) is 0 Å². The van der Waals surface area contributed by atoms with Crippen molar-refractivity contribution >= 4 is 0 Å².